The summed E-state index contributed by atoms with van der Waals surface area (Å²) in [6.07, 6.45) is 2.51. The number of amides is 3. The van der Waals surface area contributed by atoms with Gasteiger partial charge in [0.25, 0.3) is 11.8 Å². The molecule has 0 bridgehead atoms. The third-order valence-corrected chi connectivity index (χ3v) is 5.72. The molecule has 9 heteroatoms. The molecule has 32 heavy (non-hydrogen) atoms. The SMILES string of the molecule is O=C(Oc1c2c(c(O)c3ncccc13)C(=O)N(Cc1ccc(F)cc1)C2=O)N1CCCC1. The van der Waals surface area contributed by atoms with Gasteiger partial charge in [-0.05, 0) is 42.7 Å². The second-order valence-electron chi connectivity index (χ2n) is 7.71. The quantitative estimate of drug-likeness (QED) is 0.633. The van der Waals surface area contributed by atoms with Gasteiger partial charge in [0, 0.05) is 24.7 Å². The standard InChI is InChI=1S/C23H18FN3O5/c24-14-7-5-13(6-8-14)12-27-21(29)16-17(22(27)30)20(32-23(31)26-10-1-2-11-26)15-4-3-9-25-18(15)19(16)28/h3-9,28H,1-2,10-12H2. The van der Waals surface area contributed by atoms with E-state index in [-0.39, 0.29) is 34.3 Å². The Morgan fingerprint density at radius 3 is 2.47 bits per heavy atom. The van der Waals surface area contributed by atoms with Crippen LogP contribution in [0.5, 0.6) is 11.5 Å². The minimum Gasteiger partial charge on any atom is -0.505 e. The molecule has 3 amide bonds. The maximum atomic E-state index is 13.3. The van der Waals surface area contributed by atoms with Gasteiger partial charge in [-0.15, -0.1) is 0 Å². The number of rotatable bonds is 3. The molecule has 0 saturated carbocycles. The lowest BCUT2D eigenvalue weighted by Gasteiger charge is -2.18. The molecule has 1 aromatic heterocycles. The van der Waals surface area contributed by atoms with Crippen molar-refractivity contribution < 1.29 is 28.6 Å². The van der Waals surface area contributed by atoms with Crippen molar-refractivity contribution in [3.05, 3.63) is 65.1 Å². The Morgan fingerprint density at radius 1 is 1.06 bits per heavy atom. The number of imide groups is 1. The summed E-state index contributed by atoms with van der Waals surface area (Å²) in [6, 6.07) is 8.53. The molecular formula is C23H18FN3O5. The Hall–Kier alpha value is -4.01. The summed E-state index contributed by atoms with van der Waals surface area (Å²) >= 11 is 0. The number of ether oxygens (including phenoxy) is 1. The van der Waals surface area contributed by atoms with E-state index in [0.717, 1.165) is 17.7 Å². The fourth-order valence-corrected chi connectivity index (χ4v) is 4.11. The van der Waals surface area contributed by atoms with Crippen molar-refractivity contribution in [3.8, 4) is 11.5 Å². The van der Waals surface area contributed by atoms with E-state index in [9.17, 15) is 23.9 Å². The van der Waals surface area contributed by atoms with Crippen molar-refractivity contribution in [2.45, 2.75) is 19.4 Å². The van der Waals surface area contributed by atoms with Crippen molar-refractivity contribution in [1.82, 2.24) is 14.8 Å². The Bertz CT molecular complexity index is 1270. The first-order valence-electron chi connectivity index (χ1n) is 10.2. The van der Waals surface area contributed by atoms with E-state index in [4.69, 9.17) is 4.74 Å². The lowest BCUT2D eigenvalue weighted by Crippen LogP contribution is -2.31. The van der Waals surface area contributed by atoms with E-state index in [2.05, 4.69) is 4.98 Å². The summed E-state index contributed by atoms with van der Waals surface area (Å²) in [7, 11) is 0. The van der Waals surface area contributed by atoms with Crippen LogP contribution in [0.1, 0.15) is 39.1 Å². The van der Waals surface area contributed by atoms with Crippen LogP contribution in [-0.2, 0) is 6.54 Å². The van der Waals surface area contributed by atoms with Crippen LogP contribution in [0.15, 0.2) is 42.6 Å². The predicted octanol–water partition coefficient (Wildman–Crippen LogP) is 3.47. The second-order valence-corrected chi connectivity index (χ2v) is 7.71. The summed E-state index contributed by atoms with van der Waals surface area (Å²) in [6.45, 7) is 0.951. The van der Waals surface area contributed by atoms with Crippen molar-refractivity contribution >= 4 is 28.8 Å². The highest BCUT2D eigenvalue weighted by Crippen LogP contribution is 2.44. The number of aromatic hydroxyl groups is 1. The molecule has 0 atom stereocenters. The number of aromatic nitrogens is 1. The Morgan fingerprint density at radius 2 is 1.75 bits per heavy atom. The molecule has 1 saturated heterocycles. The molecule has 0 aliphatic carbocycles. The first kappa shape index (κ1) is 19.9. The summed E-state index contributed by atoms with van der Waals surface area (Å²) in [5, 5.41) is 11.0. The first-order chi connectivity index (χ1) is 15.5. The summed E-state index contributed by atoms with van der Waals surface area (Å²) in [4.78, 5) is 45.7. The molecule has 0 unspecified atom stereocenters. The van der Waals surface area contributed by atoms with Crippen LogP contribution < -0.4 is 4.74 Å². The number of pyridine rings is 1. The molecule has 0 radical (unpaired) electrons. The van der Waals surface area contributed by atoms with Crippen LogP contribution in [0.3, 0.4) is 0 Å². The number of carbonyl (C=O) groups is 3. The Balaban J connectivity index is 1.61. The van der Waals surface area contributed by atoms with Crippen LogP contribution in [0.4, 0.5) is 9.18 Å². The number of hydrogen-bond donors (Lipinski definition) is 1. The topological polar surface area (TPSA) is 100 Å². The van der Waals surface area contributed by atoms with Gasteiger partial charge in [-0.25, -0.2) is 9.18 Å². The van der Waals surface area contributed by atoms with Crippen LogP contribution in [0, 0.1) is 5.82 Å². The van der Waals surface area contributed by atoms with Gasteiger partial charge >= 0.3 is 6.09 Å². The number of hydrogen-bond acceptors (Lipinski definition) is 6. The lowest BCUT2D eigenvalue weighted by molar-refractivity contribution is 0.0641. The summed E-state index contributed by atoms with van der Waals surface area (Å²) < 4.78 is 18.9. The van der Waals surface area contributed by atoms with Gasteiger partial charge < -0.3 is 14.7 Å². The van der Waals surface area contributed by atoms with Crippen molar-refractivity contribution in [2.24, 2.45) is 0 Å². The van der Waals surface area contributed by atoms with Crippen molar-refractivity contribution in [3.63, 3.8) is 0 Å². The third kappa shape index (κ3) is 3.13. The molecule has 8 nitrogen and oxygen atoms in total. The van der Waals surface area contributed by atoms with Gasteiger partial charge in [0.05, 0.1) is 6.54 Å². The highest BCUT2D eigenvalue weighted by molar-refractivity contribution is 6.27. The minimum atomic E-state index is -0.738. The number of nitrogens with zero attached hydrogens (tertiary/aromatic N) is 3. The molecule has 2 aliphatic rings. The van der Waals surface area contributed by atoms with E-state index < -0.39 is 29.5 Å². The van der Waals surface area contributed by atoms with Gasteiger partial charge in [-0.1, -0.05) is 12.1 Å². The average Bonchev–Trinajstić information content (AvgIpc) is 3.42. The molecule has 3 aromatic rings. The average molecular weight is 435 g/mol. The summed E-state index contributed by atoms with van der Waals surface area (Å²) in [5.41, 5.74) is 0.147. The molecular weight excluding hydrogens is 417 g/mol. The fraction of sp³-hybridized carbons (Fsp3) is 0.217. The van der Waals surface area contributed by atoms with E-state index in [1.165, 1.54) is 35.4 Å². The van der Waals surface area contributed by atoms with Crippen LogP contribution in [0.2, 0.25) is 0 Å². The minimum absolute atomic E-state index is 0.0558. The first-order valence-corrected chi connectivity index (χ1v) is 10.2. The highest BCUT2D eigenvalue weighted by Gasteiger charge is 2.43. The number of likely N-dealkylation sites (tertiary alicyclic amines) is 1. The monoisotopic (exact) mass is 435 g/mol. The second kappa shape index (κ2) is 7.60. The third-order valence-electron chi connectivity index (χ3n) is 5.72. The number of fused-ring (bicyclic) bond motifs is 2. The zero-order valence-electron chi connectivity index (χ0n) is 16.9. The molecule has 162 valence electrons. The van der Waals surface area contributed by atoms with E-state index in [1.54, 1.807) is 12.1 Å². The van der Waals surface area contributed by atoms with Gasteiger partial charge in [0.2, 0.25) is 0 Å². The Kier molecular flexibility index (Phi) is 4.73. The van der Waals surface area contributed by atoms with Crippen LogP contribution in [0.25, 0.3) is 10.9 Å². The summed E-state index contributed by atoms with van der Waals surface area (Å²) in [5.74, 6) is -2.44. The largest absolute Gasteiger partial charge is 0.505 e. The van der Waals surface area contributed by atoms with E-state index >= 15 is 0 Å². The van der Waals surface area contributed by atoms with Crippen molar-refractivity contribution in [2.75, 3.05) is 13.1 Å². The molecule has 3 heterocycles. The number of benzene rings is 2. The van der Waals surface area contributed by atoms with Crippen LogP contribution in [-0.4, -0.2) is 50.9 Å². The highest BCUT2D eigenvalue weighted by atomic mass is 19.1. The number of phenolic OH excluding ortho intramolecular Hbond substituents is 1. The molecule has 0 spiro atoms. The van der Waals surface area contributed by atoms with Gasteiger partial charge in [0.1, 0.15) is 22.5 Å². The number of carbonyl (C=O) groups excluding carboxylic acids is 3. The maximum absolute atomic E-state index is 13.3. The molecule has 5 rings (SSSR count). The smallest absolute Gasteiger partial charge is 0.415 e. The maximum Gasteiger partial charge on any atom is 0.415 e. The van der Waals surface area contributed by atoms with Crippen molar-refractivity contribution in [1.29, 1.82) is 0 Å². The molecule has 2 aliphatic heterocycles. The van der Waals surface area contributed by atoms with Gasteiger partial charge in [0.15, 0.2) is 11.5 Å². The number of halogens is 1. The van der Waals surface area contributed by atoms with Gasteiger partial charge in [-0.2, -0.15) is 0 Å². The normalized spacial score (nSPS) is 15.5. The van der Waals surface area contributed by atoms with E-state index in [1.807, 2.05) is 0 Å². The fourth-order valence-electron chi connectivity index (χ4n) is 4.11. The predicted molar refractivity (Wildman–Crippen MR) is 111 cm³/mol. The molecule has 1 N–H and O–H groups in total. The zero-order chi connectivity index (χ0) is 22.4. The molecule has 2 aromatic carbocycles. The Labute approximate surface area is 181 Å². The lowest BCUT2D eigenvalue weighted by atomic mass is 10.0. The molecule has 1 fully saturated rings. The van der Waals surface area contributed by atoms with Gasteiger partial charge in [-0.3, -0.25) is 19.5 Å². The van der Waals surface area contributed by atoms with Crippen LogP contribution >= 0.6 is 0 Å². The van der Waals surface area contributed by atoms with E-state index in [0.29, 0.717) is 18.7 Å². The number of phenols is 1. The zero-order valence-corrected chi connectivity index (χ0v) is 16.9.